The van der Waals surface area contributed by atoms with Crippen molar-refractivity contribution in [3.05, 3.63) is 23.8 Å². The van der Waals surface area contributed by atoms with Crippen LogP contribution >= 0.6 is 0 Å². The van der Waals surface area contributed by atoms with Crippen molar-refractivity contribution in [1.82, 2.24) is 0 Å². The summed E-state index contributed by atoms with van der Waals surface area (Å²) in [4.78, 5) is 0. The molecule has 0 saturated carbocycles. The zero-order chi connectivity index (χ0) is 12.7. The summed E-state index contributed by atoms with van der Waals surface area (Å²) in [6, 6.07) is 5.71. The first-order valence-corrected chi connectivity index (χ1v) is 5.57. The Hall–Kier alpha value is -1.26. The van der Waals surface area contributed by atoms with E-state index in [0.29, 0.717) is 5.92 Å². The molecule has 0 aromatic heterocycles. The van der Waals surface area contributed by atoms with Crippen LogP contribution in [-0.4, -0.2) is 27.8 Å². The summed E-state index contributed by atoms with van der Waals surface area (Å²) in [6.07, 6.45) is 0. The van der Waals surface area contributed by atoms with Gasteiger partial charge in [0.05, 0.1) is 0 Å². The van der Waals surface area contributed by atoms with Crippen molar-refractivity contribution in [2.24, 2.45) is 0 Å². The maximum absolute atomic E-state index is 5.53. The summed E-state index contributed by atoms with van der Waals surface area (Å²) in [5.41, 5.74) is 1.03. The zero-order valence-electron chi connectivity index (χ0n) is 10.9. The number of benzene rings is 1. The predicted molar refractivity (Wildman–Crippen MR) is 65.5 cm³/mol. The Bertz CT molecular complexity index is 310. The number of methoxy groups -OCH3 is 2. The quantitative estimate of drug-likeness (QED) is 0.687. The third kappa shape index (κ3) is 3.91. The van der Waals surface area contributed by atoms with Gasteiger partial charge in [-0.15, -0.1) is 0 Å². The molecule has 0 fully saturated rings. The molecule has 1 aromatic carbocycles. The lowest BCUT2D eigenvalue weighted by atomic mass is 10.0. The van der Waals surface area contributed by atoms with Gasteiger partial charge in [0.15, 0.2) is 13.6 Å². The minimum Gasteiger partial charge on any atom is -0.467 e. The van der Waals surface area contributed by atoms with Crippen molar-refractivity contribution in [2.45, 2.75) is 19.8 Å². The highest BCUT2D eigenvalue weighted by molar-refractivity contribution is 5.46. The standard InChI is InChI=1S/C13H20O4/c1-10(2)13-11(16-8-14-3)6-5-7-12(13)17-9-15-4/h5-7,10H,8-9H2,1-4H3. The lowest BCUT2D eigenvalue weighted by molar-refractivity contribution is 0.0443. The molecule has 0 N–H and O–H groups in total. The SMILES string of the molecule is COCOc1cccc(OCOC)c1C(C)C. The summed E-state index contributed by atoms with van der Waals surface area (Å²) in [6.45, 7) is 4.64. The van der Waals surface area contributed by atoms with Crippen LogP contribution in [0.25, 0.3) is 0 Å². The second kappa shape index (κ2) is 7.14. The third-order valence-corrected chi connectivity index (χ3v) is 2.27. The summed E-state index contributed by atoms with van der Waals surface area (Å²) >= 11 is 0. The molecule has 17 heavy (non-hydrogen) atoms. The van der Waals surface area contributed by atoms with Gasteiger partial charge < -0.3 is 18.9 Å². The number of ether oxygens (including phenoxy) is 4. The van der Waals surface area contributed by atoms with Gasteiger partial charge in [0.1, 0.15) is 11.5 Å². The van der Waals surface area contributed by atoms with E-state index in [9.17, 15) is 0 Å². The van der Waals surface area contributed by atoms with E-state index in [1.807, 2.05) is 18.2 Å². The third-order valence-electron chi connectivity index (χ3n) is 2.27. The maximum atomic E-state index is 5.53. The van der Waals surface area contributed by atoms with Crippen LogP contribution in [0.3, 0.4) is 0 Å². The van der Waals surface area contributed by atoms with Gasteiger partial charge >= 0.3 is 0 Å². The molecule has 1 aromatic rings. The summed E-state index contributed by atoms with van der Waals surface area (Å²) in [5, 5.41) is 0. The topological polar surface area (TPSA) is 36.9 Å². The molecular formula is C13H20O4. The molecule has 4 nitrogen and oxygen atoms in total. The van der Waals surface area contributed by atoms with Gasteiger partial charge in [0, 0.05) is 19.8 Å². The van der Waals surface area contributed by atoms with Crippen molar-refractivity contribution >= 4 is 0 Å². The largest absolute Gasteiger partial charge is 0.467 e. The number of hydrogen-bond acceptors (Lipinski definition) is 4. The van der Waals surface area contributed by atoms with Gasteiger partial charge in [-0.25, -0.2) is 0 Å². The Balaban J connectivity index is 2.95. The Labute approximate surface area is 102 Å². The minimum absolute atomic E-state index is 0.230. The van der Waals surface area contributed by atoms with Gasteiger partial charge in [-0.1, -0.05) is 19.9 Å². The molecule has 0 unspecified atom stereocenters. The Kier molecular flexibility index (Phi) is 5.80. The highest BCUT2D eigenvalue weighted by Crippen LogP contribution is 2.35. The molecule has 96 valence electrons. The van der Waals surface area contributed by atoms with E-state index in [0.717, 1.165) is 17.1 Å². The number of hydrogen-bond donors (Lipinski definition) is 0. The van der Waals surface area contributed by atoms with Crippen LogP contribution in [0.2, 0.25) is 0 Å². The summed E-state index contributed by atoms with van der Waals surface area (Å²) < 4.78 is 20.9. The maximum Gasteiger partial charge on any atom is 0.188 e. The van der Waals surface area contributed by atoms with Crippen LogP contribution in [0.4, 0.5) is 0 Å². The molecular weight excluding hydrogens is 220 g/mol. The molecule has 0 amide bonds. The number of rotatable bonds is 7. The average molecular weight is 240 g/mol. The van der Waals surface area contributed by atoms with Crippen LogP contribution in [0, 0.1) is 0 Å². The molecule has 0 aliphatic carbocycles. The summed E-state index contributed by atoms with van der Waals surface area (Å²) in [5.74, 6) is 1.88. The molecule has 0 radical (unpaired) electrons. The molecule has 0 heterocycles. The van der Waals surface area contributed by atoms with Gasteiger partial charge in [-0.05, 0) is 18.1 Å². The lowest BCUT2D eigenvalue weighted by Crippen LogP contribution is -2.06. The van der Waals surface area contributed by atoms with Crippen LogP contribution in [0.15, 0.2) is 18.2 Å². The Morgan fingerprint density at radius 2 is 1.41 bits per heavy atom. The molecule has 0 aliphatic heterocycles. The first-order valence-electron chi connectivity index (χ1n) is 5.57. The second-order valence-corrected chi connectivity index (χ2v) is 3.92. The molecule has 0 spiro atoms. The van der Waals surface area contributed by atoms with E-state index < -0.39 is 0 Å². The van der Waals surface area contributed by atoms with Crippen molar-refractivity contribution < 1.29 is 18.9 Å². The average Bonchev–Trinajstić information content (AvgIpc) is 2.33. The van der Waals surface area contributed by atoms with E-state index >= 15 is 0 Å². The van der Waals surface area contributed by atoms with Gasteiger partial charge in [-0.2, -0.15) is 0 Å². The predicted octanol–water partition coefficient (Wildman–Crippen LogP) is 2.78. The van der Waals surface area contributed by atoms with Crippen LogP contribution < -0.4 is 9.47 Å². The van der Waals surface area contributed by atoms with Crippen LogP contribution in [-0.2, 0) is 9.47 Å². The monoisotopic (exact) mass is 240 g/mol. The van der Waals surface area contributed by atoms with Crippen molar-refractivity contribution in [3.8, 4) is 11.5 Å². The van der Waals surface area contributed by atoms with Crippen molar-refractivity contribution in [2.75, 3.05) is 27.8 Å². The molecule has 0 atom stereocenters. The molecule has 0 saturated heterocycles. The zero-order valence-corrected chi connectivity index (χ0v) is 10.9. The molecule has 1 rings (SSSR count). The Morgan fingerprint density at radius 1 is 0.941 bits per heavy atom. The van der Waals surface area contributed by atoms with E-state index in [-0.39, 0.29) is 13.6 Å². The second-order valence-electron chi connectivity index (χ2n) is 3.92. The molecule has 4 heteroatoms. The van der Waals surface area contributed by atoms with Crippen molar-refractivity contribution in [3.63, 3.8) is 0 Å². The fraction of sp³-hybridized carbons (Fsp3) is 0.538. The fourth-order valence-corrected chi connectivity index (χ4v) is 1.59. The Morgan fingerprint density at radius 3 is 1.76 bits per heavy atom. The van der Waals surface area contributed by atoms with Crippen molar-refractivity contribution in [1.29, 1.82) is 0 Å². The van der Waals surface area contributed by atoms with E-state index in [1.165, 1.54) is 0 Å². The highest BCUT2D eigenvalue weighted by atomic mass is 16.7. The molecule has 0 bridgehead atoms. The van der Waals surface area contributed by atoms with E-state index in [1.54, 1.807) is 14.2 Å². The van der Waals surface area contributed by atoms with Gasteiger partial charge in [0.2, 0.25) is 0 Å². The summed E-state index contributed by atoms with van der Waals surface area (Å²) in [7, 11) is 3.20. The van der Waals surface area contributed by atoms with Gasteiger partial charge in [-0.3, -0.25) is 0 Å². The normalized spacial score (nSPS) is 10.6. The lowest BCUT2D eigenvalue weighted by Gasteiger charge is -2.17. The minimum atomic E-state index is 0.230. The van der Waals surface area contributed by atoms with Gasteiger partial charge in [0.25, 0.3) is 0 Å². The first kappa shape index (κ1) is 13.8. The smallest absolute Gasteiger partial charge is 0.188 e. The first-order chi connectivity index (χ1) is 8.20. The fourth-order valence-electron chi connectivity index (χ4n) is 1.59. The molecule has 0 aliphatic rings. The van der Waals surface area contributed by atoms with Crippen LogP contribution in [0.1, 0.15) is 25.3 Å². The highest BCUT2D eigenvalue weighted by Gasteiger charge is 2.14. The van der Waals surface area contributed by atoms with E-state index in [4.69, 9.17) is 18.9 Å². The van der Waals surface area contributed by atoms with Crippen LogP contribution in [0.5, 0.6) is 11.5 Å². The van der Waals surface area contributed by atoms with E-state index in [2.05, 4.69) is 13.8 Å².